The number of rotatable bonds is 3. The molecule has 21 heavy (non-hydrogen) atoms. The zero-order valence-corrected chi connectivity index (χ0v) is 11.7. The predicted molar refractivity (Wildman–Crippen MR) is 78.7 cm³/mol. The van der Waals surface area contributed by atoms with Crippen LogP contribution >= 0.6 is 0 Å². The molecule has 1 amide bonds. The number of amides is 1. The van der Waals surface area contributed by atoms with E-state index in [4.69, 9.17) is 4.74 Å². The Morgan fingerprint density at radius 1 is 1.38 bits per heavy atom. The van der Waals surface area contributed by atoms with Crippen molar-refractivity contribution in [3.05, 3.63) is 54.0 Å². The van der Waals surface area contributed by atoms with Crippen molar-refractivity contribution in [2.45, 2.75) is 6.92 Å². The lowest BCUT2D eigenvalue weighted by atomic mass is 10.2. The molecule has 0 saturated heterocycles. The van der Waals surface area contributed by atoms with Crippen LogP contribution in [-0.4, -0.2) is 27.6 Å². The Hall–Kier alpha value is -2.89. The van der Waals surface area contributed by atoms with E-state index >= 15 is 0 Å². The molecule has 106 valence electrons. The molecule has 0 atom stereocenters. The van der Waals surface area contributed by atoms with Gasteiger partial charge in [0.1, 0.15) is 11.3 Å². The number of hydrogen-bond acceptors (Lipinski definition) is 4. The largest absolute Gasteiger partial charge is 0.495 e. The highest BCUT2D eigenvalue weighted by molar-refractivity contribution is 6.08. The van der Waals surface area contributed by atoms with Gasteiger partial charge in [-0.05, 0) is 30.7 Å². The number of aromatic nitrogens is 3. The standard InChI is InChI=1S/C15H14N4O2/c1-10-4-5-13(21-2)12(8-10)18-15(20)11-9-17-19-7-3-6-16-14(11)19/h3-9H,1-2H3,(H,18,20). The second kappa shape index (κ2) is 5.24. The van der Waals surface area contributed by atoms with Gasteiger partial charge in [0.05, 0.1) is 19.0 Å². The number of ether oxygens (including phenoxy) is 1. The third kappa shape index (κ3) is 2.43. The Balaban J connectivity index is 1.95. The Morgan fingerprint density at radius 2 is 2.24 bits per heavy atom. The molecule has 1 N–H and O–H groups in total. The second-order valence-electron chi connectivity index (χ2n) is 4.60. The third-order valence-corrected chi connectivity index (χ3v) is 3.13. The maximum Gasteiger partial charge on any atom is 0.261 e. The second-order valence-corrected chi connectivity index (χ2v) is 4.60. The molecule has 6 heteroatoms. The average molecular weight is 282 g/mol. The van der Waals surface area contributed by atoms with E-state index in [-0.39, 0.29) is 5.91 Å². The van der Waals surface area contributed by atoms with Gasteiger partial charge in [0.25, 0.3) is 5.91 Å². The van der Waals surface area contributed by atoms with E-state index in [0.29, 0.717) is 22.6 Å². The normalized spacial score (nSPS) is 10.6. The van der Waals surface area contributed by atoms with Crippen LogP contribution in [0, 0.1) is 6.92 Å². The summed E-state index contributed by atoms with van der Waals surface area (Å²) in [6.07, 6.45) is 4.87. The maximum atomic E-state index is 12.4. The molecule has 1 aromatic carbocycles. The molecule has 2 aromatic heterocycles. The van der Waals surface area contributed by atoms with Gasteiger partial charge >= 0.3 is 0 Å². The summed E-state index contributed by atoms with van der Waals surface area (Å²) in [7, 11) is 1.57. The van der Waals surface area contributed by atoms with Crippen LogP contribution in [0.3, 0.4) is 0 Å². The van der Waals surface area contributed by atoms with E-state index in [0.717, 1.165) is 5.56 Å². The first kappa shape index (κ1) is 13.1. The van der Waals surface area contributed by atoms with Gasteiger partial charge in [-0.25, -0.2) is 9.50 Å². The van der Waals surface area contributed by atoms with Gasteiger partial charge in [0.2, 0.25) is 0 Å². The molecule has 0 unspecified atom stereocenters. The number of methoxy groups -OCH3 is 1. The molecular weight excluding hydrogens is 268 g/mol. The summed E-state index contributed by atoms with van der Waals surface area (Å²) in [5, 5.41) is 6.94. The summed E-state index contributed by atoms with van der Waals surface area (Å²) in [5.41, 5.74) is 2.59. The summed E-state index contributed by atoms with van der Waals surface area (Å²) in [6, 6.07) is 7.35. The quantitative estimate of drug-likeness (QED) is 0.800. The van der Waals surface area contributed by atoms with Crippen LogP contribution in [0.5, 0.6) is 5.75 Å². The van der Waals surface area contributed by atoms with E-state index < -0.39 is 0 Å². The zero-order chi connectivity index (χ0) is 14.8. The number of aryl methyl sites for hydroxylation is 1. The highest BCUT2D eigenvalue weighted by atomic mass is 16.5. The number of nitrogens with one attached hydrogen (secondary N) is 1. The van der Waals surface area contributed by atoms with E-state index in [1.54, 1.807) is 30.1 Å². The van der Waals surface area contributed by atoms with Crippen molar-refractivity contribution >= 4 is 17.2 Å². The molecule has 3 rings (SSSR count). The van der Waals surface area contributed by atoms with Crippen molar-refractivity contribution in [2.24, 2.45) is 0 Å². The first-order chi connectivity index (χ1) is 10.2. The van der Waals surface area contributed by atoms with Gasteiger partial charge in [-0.3, -0.25) is 4.79 Å². The fourth-order valence-corrected chi connectivity index (χ4v) is 2.10. The summed E-state index contributed by atoms with van der Waals surface area (Å²) in [4.78, 5) is 16.6. The number of nitrogens with zero attached hydrogens (tertiary/aromatic N) is 3. The first-order valence-corrected chi connectivity index (χ1v) is 6.43. The summed E-state index contributed by atoms with van der Waals surface area (Å²) in [6.45, 7) is 1.95. The highest BCUT2D eigenvalue weighted by Gasteiger charge is 2.15. The van der Waals surface area contributed by atoms with Gasteiger partial charge in [-0.15, -0.1) is 0 Å². The smallest absolute Gasteiger partial charge is 0.261 e. The minimum Gasteiger partial charge on any atom is -0.495 e. The predicted octanol–water partition coefficient (Wildman–Crippen LogP) is 2.30. The van der Waals surface area contributed by atoms with Crippen molar-refractivity contribution in [3.8, 4) is 5.75 Å². The van der Waals surface area contributed by atoms with Crippen molar-refractivity contribution < 1.29 is 9.53 Å². The first-order valence-electron chi connectivity index (χ1n) is 6.43. The molecule has 3 aromatic rings. The summed E-state index contributed by atoms with van der Waals surface area (Å²) >= 11 is 0. The zero-order valence-electron chi connectivity index (χ0n) is 11.7. The van der Waals surface area contributed by atoms with Crippen LogP contribution in [0.15, 0.2) is 42.9 Å². The van der Waals surface area contributed by atoms with E-state index in [9.17, 15) is 4.79 Å². The minimum atomic E-state index is -0.271. The molecule has 0 bridgehead atoms. The number of carbonyl (C=O) groups is 1. The van der Waals surface area contributed by atoms with E-state index in [1.807, 2.05) is 25.1 Å². The molecular formula is C15H14N4O2. The molecule has 0 radical (unpaired) electrons. The number of hydrogen-bond donors (Lipinski definition) is 1. The lowest BCUT2D eigenvalue weighted by Gasteiger charge is -2.10. The van der Waals surface area contributed by atoms with Crippen LogP contribution in [0.4, 0.5) is 5.69 Å². The lowest BCUT2D eigenvalue weighted by Crippen LogP contribution is -2.13. The molecule has 0 aliphatic rings. The molecule has 0 fully saturated rings. The van der Waals surface area contributed by atoms with Crippen molar-refractivity contribution in [2.75, 3.05) is 12.4 Å². The average Bonchev–Trinajstić information content (AvgIpc) is 2.91. The van der Waals surface area contributed by atoms with Crippen LogP contribution < -0.4 is 10.1 Å². The number of benzene rings is 1. The number of fused-ring (bicyclic) bond motifs is 1. The molecule has 0 spiro atoms. The maximum absolute atomic E-state index is 12.4. The van der Waals surface area contributed by atoms with Gasteiger partial charge in [-0.2, -0.15) is 5.10 Å². The van der Waals surface area contributed by atoms with Crippen LogP contribution in [0.2, 0.25) is 0 Å². The molecule has 2 heterocycles. The Kier molecular flexibility index (Phi) is 3.27. The topological polar surface area (TPSA) is 68.5 Å². The van der Waals surface area contributed by atoms with E-state index in [2.05, 4.69) is 15.4 Å². The Labute approximate surface area is 121 Å². The van der Waals surface area contributed by atoms with Gasteiger partial charge < -0.3 is 10.1 Å². The Morgan fingerprint density at radius 3 is 3.05 bits per heavy atom. The van der Waals surface area contributed by atoms with Crippen LogP contribution in [-0.2, 0) is 0 Å². The highest BCUT2D eigenvalue weighted by Crippen LogP contribution is 2.26. The van der Waals surface area contributed by atoms with Crippen molar-refractivity contribution in [1.29, 1.82) is 0 Å². The minimum absolute atomic E-state index is 0.271. The van der Waals surface area contributed by atoms with E-state index in [1.165, 1.54) is 6.20 Å². The van der Waals surface area contributed by atoms with Crippen LogP contribution in [0.25, 0.3) is 5.65 Å². The van der Waals surface area contributed by atoms with Crippen molar-refractivity contribution in [1.82, 2.24) is 14.6 Å². The van der Waals surface area contributed by atoms with Gasteiger partial charge in [0.15, 0.2) is 5.65 Å². The van der Waals surface area contributed by atoms with Gasteiger partial charge in [0, 0.05) is 12.4 Å². The molecule has 0 aliphatic carbocycles. The SMILES string of the molecule is COc1ccc(C)cc1NC(=O)c1cnn2cccnc12. The fraction of sp³-hybridized carbons (Fsp3) is 0.133. The summed E-state index contributed by atoms with van der Waals surface area (Å²) < 4.78 is 6.81. The van der Waals surface area contributed by atoms with Crippen molar-refractivity contribution in [3.63, 3.8) is 0 Å². The molecule has 0 aliphatic heterocycles. The van der Waals surface area contributed by atoms with Gasteiger partial charge in [-0.1, -0.05) is 6.07 Å². The fourth-order valence-electron chi connectivity index (χ4n) is 2.10. The number of anilines is 1. The molecule has 0 saturated carbocycles. The third-order valence-electron chi connectivity index (χ3n) is 3.13. The monoisotopic (exact) mass is 282 g/mol. The Bertz CT molecular complexity index is 810. The molecule has 6 nitrogen and oxygen atoms in total. The lowest BCUT2D eigenvalue weighted by molar-refractivity contribution is 0.102. The summed E-state index contributed by atoms with van der Waals surface area (Å²) in [5.74, 6) is 0.339. The number of carbonyl (C=O) groups excluding carboxylic acids is 1. The van der Waals surface area contributed by atoms with Crippen LogP contribution in [0.1, 0.15) is 15.9 Å².